The van der Waals surface area contributed by atoms with Gasteiger partial charge in [-0.1, -0.05) is 0 Å². The number of nitriles is 2. The number of rotatable bonds is 5. The van der Waals surface area contributed by atoms with E-state index in [1.165, 1.54) is 36.7 Å². The molecule has 0 aliphatic rings. The fourth-order valence-electron chi connectivity index (χ4n) is 1.55. The van der Waals surface area contributed by atoms with Crippen LogP contribution < -0.4 is 10.1 Å². The van der Waals surface area contributed by atoms with Crippen molar-refractivity contribution in [2.75, 3.05) is 10.1 Å². The van der Waals surface area contributed by atoms with Crippen molar-refractivity contribution in [1.82, 2.24) is 9.97 Å². The molecule has 10 heteroatoms. The van der Waals surface area contributed by atoms with Gasteiger partial charge < -0.3 is 0 Å². The van der Waals surface area contributed by atoms with Gasteiger partial charge in [0.1, 0.15) is 12.1 Å². The highest BCUT2D eigenvalue weighted by atomic mass is 32.2. The Labute approximate surface area is 138 Å². The third-order valence-corrected chi connectivity index (χ3v) is 4.06. The smallest absolute Gasteiger partial charge is 0.263 e. The number of anilines is 2. The number of hydrazone groups is 1. The lowest BCUT2D eigenvalue weighted by Crippen LogP contribution is -2.14. The zero-order valence-electron chi connectivity index (χ0n) is 12.4. The van der Waals surface area contributed by atoms with E-state index >= 15 is 0 Å². The second-order valence-electron chi connectivity index (χ2n) is 4.47. The molecule has 24 heavy (non-hydrogen) atoms. The highest BCUT2D eigenvalue weighted by molar-refractivity contribution is 7.92. The van der Waals surface area contributed by atoms with E-state index in [2.05, 4.69) is 25.2 Å². The Hall–Kier alpha value is -3.50. The number of hydrogen-bond donors (Lipinski definition) is 2. The molecule has 0 amide bonds. The van der Waals surface area contributed by atoms with Crippen LogP contribution >= 0.6 is 0 Å². The average Bonchev–Trinajstić information content (AvgIpc) is 2.58. The molecule has 9 nitrogen and oxygen atoms in total. The van der Waals surface area contributed by atoms with Gasteiger partial charge in [-0.25, -0.2) is 13.4 Å². The molecule has 1 aromatic heterocycles. The predicted octanol–water partition coefficient (Wildman–Crippen LogP) is 1.40. The molecule has 0 saturated heterocycles. The average molecular weight is 341 g/mol. The zero-order valence-corrected chi connectivity index (χ0v) is 13.2. The van der Waals surface area contributed by atoms with Gasteiger partial charge in [-0.05, 0) is 31.2 Å². The van der Waals surface area contributed by atoms with Crippen LogP contribution in [0, 0.1) is 29.6 Å². The minimum atomic E-state index is -3.80. The maximum atomic E-state index is 12.2. The molecule has 1 aromatic carbocycles. The van der Waals surface area contributed by atoms with E-state index in [4.69, 9.17) is 10.5 Å². The maximum absolute atomic E-state index is 12.2. The van der Waals surface area contributed by atoms with Gasteiger partial charge in [-0.3, -0.25) is 15.1 Å². The van der Waals surface area contributed by atoms with E-state index < -0.39 is 10.0 Å². The van der Waals surface area contributed by atoms with Gasteiger partial charge in [0.15, 0.2) is 5.82 Å². The maximum Gasteiger partial charge on any atom is 0.263 e. The second-order valence-corrected chi connectivity index (χ2v) is 6.15. The number of hydrogen-bond acceptors (Lipinski definition) is 8. The molecule has 0 unspecified atom stereocenters. The molecule has 0 spiro atoms. The third-order valence-electron chi connectivity index (χ3n) is 2.69. The summed E-state index contributed by atoms with van der Waals surface area (Å²) < 4.78 is 26.8. The number of nitrogens with one attached hydrogen (secondary N) is 2. The predicted molar refractivity (Wildman–Crippen MR) is 86.3 cm³/mol. The second kappa shape index (κ2) is 7.17. The summed E-state index contributed by atoms with van der Waals surface area (Å²) in [5.41, 5.74) is 3.24. The van der Waals surface area contributed by atoms with Gasteiger partial charge >= 0.3 is 0 Å². The monoisotopic (exact) mass is 341 g/mol. The molecule has 0 fully saturated rings. The van der Waals surface area contributed by atoms with Crippen LogP contribution in [0.15, 0.2) is 46.7 Å². The van der Waals surface area contributed by atoms with E-state index in [9.17, 15) is 8.42 Å². The molecule has 2 N–H and O–H groups in total. The summed E-state index contributed by atoms with van der Waals surface area (Å²) in [5.74, 6) is 0.111. The fourth-order valence-corrected chi connectivity index (χ4v) is 2.54. The first-order chi connectivity index (χ1) is 11.4. The number of sulfonamides is 1. The molecule has 0 aliphatic heterocycles. The van der Waals surface area contributed by atoms with Gasteiger partial charge in [-0.2, -0.15) is 15.6 Å². The van der Waals surface area contributed by atoms with Crippen LogP contribution in [0.3, 0.4) is 0 Å². The SMILES string of the molecule is Cc1cnc(NS(=O)(=O)c2ccc(NN=C(C#N)C#N)cc2)cn1. The Morgan fingerprint density at radius 2 is 1.79 bits per heavy atom. The van der Waals surface area contributed by atoms with E-state index in [0.717, 1.165) is 0 Å². The van der Waals surface area contributed by atoms with Crippen molar-refractivity contribution in [2.45, 2.75) is 11.8 Å². The van der Waals surface area contributed by atoms with Gasteiger partial charge in [0, 0.05) is 0 Å². The lowest BCUT2D eigenvalue weighted by atomic mass is 10.3. The standard InChI is InChI=1S/C14H11N7O2S/c1-10-8-18-14(9-17-10)21-24(22,23)13-4-2-11(3-5-13)19-20-12(6-15)7-16/h2-5,8-9,19H,1H3,(H,18,21). The van der Waals surface area contributed by atoms with Crippen molar-refractivity contribution in [2.24, 2.45) is 5.10 Å². The Bertz CT molecular complexity index is 921. The number of nitrogens with zero attached hydrogens (tertiary/aromatic N) is 5. The van der Waals surface area contributed by atoms with Crippen LogP contribution in [0.4, 0.5) is 11.5 Å². The summed E-state index contributed by atoms with van der Waals surface area (Å²) in [6.45, 7) is 1.74. The van der Waals surface area contributed by atoms with Crippen LogP contribution in [0.5, 0.6) is 0 Å². The quantitative estimate of drug-likeness (QED) is 0.617. The summed E-state index contributed by atoms with van der Waals surface area (Å²) in [7, 11) is -3.80. The molecule has 120 valence electrons. The first kappa shape index (κ1) is 16.9. The largest absolute Gasteiger partial charge is 0.277 e. The van der Waals surface area contributed by atoms with Gasteiger partial charge in [-0.15, -0.1) is 0 Å². The first-order valence-corrected chi connectivity index (χ1v) is 7.98. The van der Waals surface area contributed by atoms with Crippen LogP contribution in [0.25, 0.3) is 0 Å². The minimum absolute atomic E-state index is 0.0141. The van der Waals surface area contributed by atoms with Crippen LogP contribution in [0.2, 0.25) is 0 Å². The Morgan fingerprint density at radius 1 is 1.12 bits per heavy atom. The number of benzene rings is 1. The van der Waals surface area contributed by atoms with Crippen molar-refractivity contribution in [1.29, 1.82) is 10.5 Å². The van der Waals surface area contributed by atoms with E-state index in [1.54, 1.807) is 19.1 Å². The molecular formula is C14H11N7O2S. The Kier molecular flexibility index (Phi) is 5.04. The first-order valence-electron chi connectivity index (χ1n) is 6.50. The van der Waals surface area contributed by atoms with E-state index in [-0.39, 0.29) is 16.4 Å². The third kappa shape index (κ3) is 4.25. The zero-order chi connectivity index (χ0) is 17.6. The van der Waals surface area contributed by atoms with Crippen molar-refractivity contribution in [3.05, 3.63) is 42.4 Å². The lowest BCUT2D eigenvalue weighted by Gasteiger charge is -2.08. The molecule has 0 saturated carbocycles. The van der Waals surface area contributed by atoms with E-state index in [1.807, 2.05) is 0 Å². The van der Waals surface area contributed by atoms with Crippen molar-refractivity contribution in [3.63, 3.8) is 0 Å². The summed E-state index contributed by atoms with van der Waals surface area (Å²) >= 11 is 0. The van der Waals surface area contributed by atoms with Crippen LogP contribution in [-0.4, -0.2) is 24.1 Å². The van der Waals surface area contributed by atoms with Crippen molar-refractivity contribution in [3.8, 4) is 12.1 Å². The van der Waals surface area contributed by atoms with E-state index in [0.29, 0.717) is 11.4 Å². The molecule has 2 aromatic rings. The molecule has 2 rings (SSSR count). The molecule has 1 heterocycles. The lowest BCUT2D eigenvalue weighted by molar-refractivity contribution is 0.601. The summed E-state index contributed by atoms with van der Waals surface area (Å²) in [5, 5.41) is 20.7. The van der Waals surface area contributed by atoms with Crippen molar-refractivity contribution >= 4 is 27.2 Å². The fraction of sp³-hybridized carbons (Fsp3) is 0.0714. The minimum Gasteiger partial charge on any atom is -0.277 e. The summed E-state index contributed by atoms with van der Waals surface area (Å²) in [6.07, 6.45) is 2.77. The normalized spacial score (nSPS) is 10.1. The molecule has 0 radical (unpaired) electrons. The van der Waals surface area contributed by atoms with Crippen LogP contribution in [-0.2, 0) is 10.0 Å². The Balaban J connectivity index is 2.14. The molecule has 0 bridgehead atoms. The summed E-state index contributed by atoms with van der Waals surface area (Å²) in [6, 6.07) is 8.79. The molecular weight excluding hydrogens is 330 g/mol. The molecule has 0 atom stereocenters. The summed E-state index contributed by atoms with van der Waals surface area (Å²) in [4.78, 5) is 7.91. The topological polar surface area (TPSA) is 144 Å². The highest BCUT2D eigenvalue weighted by Gasteiger charge is 2.14. The van der Waals surface area contributed by atoms with Gasteiger partial charge in [0.2, 0.25) is 5.71 Å². The molecule has 0 aliphatic carbocycles. The van der Waals surface area contributed by atoms with Gasteiger partial charge in [0.05, 0.1) is 28.7 Å². The highest BCUT2D eigenvalue weighted by Crippen LogP contribution is 2.17. The Morgan fingerprint density at radius 3 is 2.33 bits per heavy atom. The van der Waals surface area contributed by atoms with Crippen molar-refractivity contribution < 1.29 is 8.42 Å². The number of aromatic nitrogens is 2. The van der Waals surface area contributed by atoms with Gasteiger partial charge in [0.25, 0.3) is 10.0 Å². The van der Waals surface area contributed by atoms with Crippen LogP contribution in [0.1, 0.15) is 5.69 Å². The number of aryl methyl sites for hydroxylation is 1.